The Balaban J connectivity index is 2.31. The van der Waals surface area contributed by atoms with Crippen molar-refractivity contribution in [1.29, 1.82) is 0 Å². The molecule has 7 nitrogen and oxygen atoms in total. The van der Waals surface area contributed by atoms with E-state index < -0.39 is 0 Å². The molecule has 0 aromatic carbocycles. The van der Waals surface area contributed by atoms with Gasteiger partial charge in [-0.1, -0.05) is 0 Å². The fourth-order valence-electron chi connectivity index (χ4n) is 2.10. The van der Waals surface area contributed by atoms with Gasteiger partial charge in [-0.15, -0.1) is 0 Å². The first-order valence-electron chi connectivity index (χ1n) is 6.05. The molecule has 104 valence electrons. The van der Waals surface area contributed by atoms with Crippen molar-refractivity contribution in [3.05, 3.63) is 27.6 Å². The van der Waals surface area contributed by atoms with Gasteiger partial charge in [0.2, 0.25) is 0 Å². The summed E-state index contributed by atoms with van der Waals surface area (Å²) >= 11 is 3.57. The zero-order valence-corrected chi connectivity index (χ0v) is 12.5. The minimum atomic E-state index is -0.114. The Hall–Kier alpha value is -1.38. The van der Waals surface area contributed by atoms with Gasteiger partial charge in [0.25, 0.3) is 0 Å². The molecule has 0 amide bonds. The molecule has 0 saturated carbocycles. The number of hydrogen-bond acceptors (Lipinski definition) is 5. The number of nitrogen functional groups attached to an aromatic ring is 1. The van der Waals surface area contributed by atoms with Crippen LogP contribution in [-0.4, -0.2) is 20.0 Å². The summed E-state index contributed by atoms with van der Waals surface area (Å²) < 4.78 is 2.97. The number of nitrogens with one attached hydrogen (secondary N) is 2. The highest BCUT2D eigenvalue weighted by Gasteiger charge is 2.20. The Morgan fingerprint density at radius 2 is 2.32 bits per heavy atom. The molecule has 2 rings (SSSR count). The van der Waals surface area contributed by atoms with Gasteiger partial charge in [-0.05, 0) is 29.8 Å². The molecular formula is C11H18BrN7. The fourth-order valence-corrected chi connectivity index (χ4v) is 2.54. The van der Waals surface area contributed by atoms with Gasteiger partial charge in [0, 0.05) is 18.5 Å². The molecule has 0 aliphatic heterocycles. The van der Waals surface area contributed by atoms with E-state index in [1.165, 1.54) is 0 Å². The molecule has 0 aliphatic carbocycles. The van der Waals surface area contributed by atoms with Crippen LogP contribution in [0.15, 0.2) is 10.7 Å². The molecule has 0 saturated heterocycles. The van der Waals surface area contributed by atoms with E-state index in [0.29, 0.717) is 12.2 Å². The summed E-state index contributed by atoms with van der Waals surface area (Å²) in [6.07, 6.45) is 2.36. The van der Waals surface area contributed by atoms with Crippen LogP contribution in [0.2, 0.25) is 0 Å². The predicted octanol–water partition coefficient (Wildman–Crippen LogP) is 1.03. The third kappa shape index (κ3) is 2.65. The maximum absolute atomic E-state index is 5.84. The average Bonchev–Trinajstić information content (AvgIpc) is 2.93. The van der Waals surface area contributed by atoms with Crippen molar-refractivity contribution in [2.75, 3.05) is 5.73 Å². The van der Waals surface area contributed by atoms with Crippen molar-refractivity contribution < 1.29 is 0 Å². The van der Waals surface area contributed by atoms with Crippen LogP contribution >= 0.6 is 15.9 Å². The molecule has 19 heavy (non-hydrogen) atoms. The van der Waals surface area contributed by atoms with E-state index >= 15 is 0 Å². The molecule has 0 spiro atoms. The lowest BCUT2D eigenvalue weighted by atomic mass is 10.1. The molecule has 2 heterocycles. The average molecular weight is 328 g/mol. The van der Waals surface area contributed by atoms with Crippen molar-refractivity contribution in [3.63, 3.8) is 0 Å². The Bertz CT molecular complexity index is 559. The van der Waals surface area contributed by atoms with Crippen molar-refractivity contribution in [2.45, 2.75) is 32.9 Å². The topological polar surface area (TPSA) is 111 Å². The Labute approximate surface area is 119 Å². The second-order valence-electron chi connectivity index (χ2n) is 4.32. The van der Waals surface area contributed by atoms with Crippen LogP contribution in [0, 0.1) is 6.92 Å². The lowest BCUT2D eigenvalue weighted by Gasteiger charge is -2.16. The first-order valence-corrected chi connectivity index (χ1v) is 6.84. The van der Waals surface area contributed by atoms with E-state index in [9.17, 15) is 0 Å². The highest BCUT2D eigenvalue weighted by molar-refractivity contribution is 9.10. The summed E-state index contributed by atoms with van der Waals surface area (Å²) in [5.41, 5.74) is 11.5. The van der Waals surface area contributed by atoms with Crippen molar-refractivity contribution in [3.8, 4) is 0 Å². The van der Waals surface area contributed by atoms with Gasteiger partial charge < -0.3 is 5.73 Å². The van der Waals surface area contributed by atoms with Crippen LogP contribution in [0.1, 0.15) is 29.9 Å². The van der Waals surface area contributed by atoms with E-state index in [2.05, 4.69) is 43.6 Å². The number of nitrogens with zero attached hydrogens (tertiary/aromatic N) is 3. The summed E-state index contributed by atoms with van der Waals surface area (Å²) in [6.45, 7) is 4.83. The van der Waals surface area contributed by atoms with Gasteiger partial charge >= 0.3 is 0 Å². The first-order chi connectivity index (χ1) is 9.08. The number of halogens is 1. The largest absolute Gasteiger partial charge is 0.384 e. The summed E-state index contributed by atoms with van der Waals surface area (Å²) in [5, 5.41) is 11.1. The second-order valence-corrected chi connectivity index (χ2v) is 5.12. The summed E-state index contributed by atoms with van der Waals surface area (Å²) in [5.74, 6) is 6.16. The normalized spacial score (nSPS) is 12.8. The molecule has 8 heteroatoms. The number of nitrogens with two attached hydrogens (primary N) is 2. The van der Waals surface area contributed by atoms with Crippen molar-refractivity contribution >= 4 is 21.7 Å². The van der Waals surface area contributed by atoms with Crippen LogP contribution in [0.3, 0.4) is 0 Å². The third-order valence-electron chi connectivity index (χ3n) is 3.13. The van der Waals surface area contributed by atoms with E-state index in [0.717, 1.165) is 28.0 Å². The number of hydrazine groups is 1. The third-order valence-corrected chi connectivity index (χ3v) is 4.16. The van der Waals surface area contributed by atoms with Gasteiger partial charge in [0.05, 0.1) is 28.1 Å². The number of H-pyrrole nitrogens is 1. The van der Waals surface area contributed by atoms with Gasteiger partial charge in [-0.25, -0.2) is 0 Å². The van der Waals surface area contributed by atoms with Crippen molar-refractivity contribution in [1.82, 2.24) is 25.4 Å². The second kappa shape index (κ2) is 5.72. The first kappa shape index (κ1) is 14.0. The molecule has 0 bridgehead atoms. The zero-order chi connectivity index (χ0) is 14.0. The summed E-state index contributed by atoms with van der Waals surface area (Å²) in [7, 11) is 0. The molecule has 6 N–H and O–H groups in total. The number of aryl methyl sites for hydroxylation is 2. The van der Waals surface area contributed by atoms with Crippen LogP contribution in [0.4, 0.5) is 5.82 Å². The Morgan fingerprint density at radius 3 is 2.84 bits per heavy atom. The molecule has 0 aliphatic rings. The minimum Gasteiger partial charge on any atom is -0.384 e. The molecule has 2 aromatic heterocycles. The minimum absolute atomic E-state index is 0.114. The smallest absolute Gasteiger partial charge is 0.123 e. The standard InChI is InChI=1S/C11H18BrN7/c1-3-19-9(10(12)6(2)18-19)4-8(16-14)7-5-15-17-11(7)13/h5,8,16H,3-4,14H2,1-2H3,(H3,13,15,17). The zero-order valence-electron chi connectivity index (χ0n) is 10.9. The maximum Gasteiger partial charge on any atom is 0.123 e. The lowest BCUT2D eigenvalue weighted by molar-refractivity contribution is 0.517. The number of aromatic nitrogens is 4. The number of rotatable bonds is 5. The van der Waals surface area contributed by atoms with E-state index in [1.54, 1.807) is 6.20 Å². The molecular weight excluding hydrogens is 310 g/mol. The quantitative estimate of drug-likeness (QED) is 0.484. The molecule has 1 atom stereocenters. The van der Waals surface area contributed by atoms with Gasteiger partial charge in [0.1, 0.15) is 5.82 Å². The van der Waals surface area contributed by atoms with Gasteiger partial charge in [-0.3, -0.25) is 21.0 Å². The van der Waals surface area contributed by atoms with Crippen LogP contribution in [0.5, 0.6) is 0 Å². The van der Waals surface area contributed by atoms with E-state index in [1.807, 2.05) is 11.6 Å². The predicted molar refractivity (Wildman–Crippen MR) is 77.1 cm³/mol. The number of anilines is 1. The summed E-state index contributed by atoms with van der Waals surface area (Å²) in [4.78, 5) is 0. The molecule has 2 aromatic rings. The molecule has 1 unspecified atom stereocenters. The number of aromatic amines is 1. The highest BCUT2D eigenvalue weighted by atomic mass is 79.9. The van der Waals surface area contributed by atoms with E-state index in [-0.39, 0.29) is 6.04 Å². The highest BCUT2D eigenvalue weighted by Crippen LogP contribution is 2.27. The monoisotopic (exact) mass is 327 g/mol. The SMILES string of the molecule is CCn1nc(C)c(Br)c1CC(NN)c1cn[nH]c1N. The van der Waals surface area contributed by atoms with E-state index in [4.69, 9.17) is 11.6 Å². The maximum atomic E-state index is 5.84. The molecule has 0 fully saturated rings. The molecule has 0 radical (unpaired) electrons. The van der Waals surface area contributed by atoms with Crippen LogP contribution in [-0.2, 0) is 13.0 Å². The van der Waals surface area contributed by atoms with Crippen LogP contribution < -0.4 is 17.0 Å². The lowest BCUT2D eigenvalue weighted by Crippen LogP contribution is -2.30. The number of hydrogen-bond donors (Lipinski definition) is 4. The van der Waals surface area contributed by atoms with Crippen molar-refractivity contribution in [2.24, 2.45) is 5.84 Å². The Kier molecular flexibility index (Phi) is 4.23. The van der Waals surface area contributed by atoms with Gasteiger partial charge in [0.15, 0.2) is 0 Å². The Morgan fingerprint density at radius 1 is 1.58 bits per heavy atom. The van der Waals surface area contributed by atoms with Gasteiger partial charge in [-0.2, -0.15) is 10.2 Å². The fraction of sp³-hybridized carbons (Fsp3) is 0.455. The van der Waals surface area contributed by atoms with Crippen LogP contribution in [0.25, 0.3) is 0 Å². The summed E-state index contributed by atoms with van der Waals surface area (Å²) in [6, 6.07) is -0.114.